The minimum absolute atomic E-state index is 1.05. The maximum absolute atomic E-state index is 4.98. The molecule has 0 atom stereocenters. The van der Waals surface area contributed by atoms with Crippen molar-refractivity contribution in [2.24, 2.45) is 0 Å². The van der Waals surface area contributed by atoms with E-state index >= 15 is 0 Å². The van der Waals surface area contributed by atoms with Gasteiger partial charge in [-0.2, -0.15) is 0 Å². The van der Waals surface area contributed by atoms with Crippen molar-refractivity contribution in [2.45, 2.75) is 0 Å². The van der Waals surface area contributed by atoms with Gasteiger partial charge in [0, 0.05) is 0 Å². The molecule has 0 heterocycles. The molecular weight excluding hydrogens is 111 g/mol. The Balaban J connectivity index is 3.81. The van der Waals surface area contributed by atoms with E-state index in [1.165, 1.54) is 0 Å². The predicted molar refractivity (Wildman–Crippen MR) is 36.3 cm³/mol. The molecule has 0 saturated heterocycles. The van der Waals surface area contributed by atoms with Crippen LogP contribution in [-0.4, -0.2) is 13.3 Å². The number of hydrogen-bond acceptors (Lipinski definition) is 1. The van der Waals surface area contributed by atoms with Crippen molar-refractivity contribution in [3.8, 4) is 0 Å². The first kappa shape index (κ1) is 6.39. The zero-order valence-corrected chi connectivity index (χ0v) is 5.85. The van der Waals surface area contributed by atoms with Gasteiger partial charge in [0.15, 0.2) is 0 Å². The fourth-order valence-electron chi connectivity index (χ4n) is 0. The van der Waals surface area contributed by atoms with E-state index < -0.39 is 6.04 Å². The van der Waals surface area contributed by atoms with E-state index in [9.17, 15) is 0 Å². The van der Waals surface area contributed by atoms with Crippen LogP contribution < -0.4 is 0 Å². The minimum atomic E-state index is -1.05. The predicted octanol–water partition coefficient (Wildman–Crippen LogP) is 1.87. The van der Waals surface area contributed by atoms with E-state index in [0.717, 1.165) is 0 Å². The molecule has 0 radical (unpaired) electrons. The number of rotatable bonds is 1. The van der Waals surface area contributed by atoms with Crippen molar-refractivity contribution in [1.29, 1.82) is 0 Å². The van der Waals surface area contributed by atoms with Gasteiger partial charge in [0.2, 0.25) is 0 Å². The van der Waals surface area contributed by atoms with Crippen molar-refractivity contribution in [3.63, 3.8) is 0 Å². The van der Waals surface area contributed by atoms with Crippen LogP contribution >= 0.6 is 6.04 Å². The second kappa shape index (κ2) is 1.90. The van der Waals surface area contributed by atoms with Gasteiger partial charge in [0.05, 0.1) is 0 Å². The summed E-state index contributed by atoms with van der Waals surface area (Å²) >= 11 is 4.98. The van der Waals surface area contributed by atoms with Gasteiger partial charge in [-0.05, 0) is 19.4 Å². The van der Waals surface area contributed by atoms with Gasteiger partial charge in [0.25, 0.3) is 0 Å². The van der Waals surface area contributed by atoms with Gasteiger partial charge in [-0.3, -0.25) is 0 Å². The fraction of sp³-hybridized carbons (Fsp3) is 0.500. The lowest BCUT2D eigenvalue weighted by molar-refractivity contribution is 2.19. The number of hydrogen-bond donors (Lipinski definition) is 0. The van der Waals surface area contributed by atoms with E-state index in [-0.39, 0.29) is 0 Å². The molecule has 2 heteroatoms. The largest absolute Gasteiger partial charge is 0.0979 e. The molecule has 6 heavy (non-hydrogen) atoms. The van der Waals surface area contributed by atoms with Crippen molar-refractivity contribution >= 4 is 17.8 Å². The quantitative estimate of drug-likeness (QED) is 0.476. The maximum atomic E-state index is 4.98. The van der Waals surface area contributed by atoms with Gasteiger partial charge in [0.1, 0.15) is 0 Å². The minimum Gasteiger partial charge on any atom is -0.0979 e. The highest BCUT2D eigenvalue weighted by Crippen LogP contribution is 2.36. The highest BCUT2D eigenvalue weighted by Gasteiger charge is 1.87. The Bertz CT molecular complexity index is 89.7. The molecule has 0 rings (SSSR count). The van der Waals surface area contributed by atoms with E-state index in [1.807, 2.05) is 5.82 Å². The highest BCUT2D eigenvalue weighted by atomic mass is 32.4. The third-order valence-electron chi connectivity index (χ3n) is 0.440. The first-order valence-corrected chi connectivity index (χ1v) is 5.51. The van der Waals surface area contributed by atoms with Gasteiger partial charge in [-0.25, -0.2) is 0 Å². The van der Waals surface area contributed by atoms with Crippen molar-refractivity contribution in [1.82, 2.24) is 0 Å². The summed E-state index contributed by atoms with van der Waals surface area (Å²) in [4.78, 5) is 0. The first-order valence-electron chi connectivity index (χ1n) is 1.74. The second-order valence-corrected chi connectivity index (χ2v) is 7.67. The molecule has 0 aromatic rings. The maximum Gasteiger partial charge on any atom is -0.0300 e. The van der Waals surface area contributed by atoms with Crippen LogP contribution in [-0.2, 0) is 11.8 Å². The molecule has 0 bridgehead atoms. The summed E-state index contributed by atoms with van der Waals surface area (Å²) in [6.45, 7) is 7.68. The third kappa shape index (κ3) is 4.39. The molecule has 0 aliphatic carbocycles. The molecule has 0 amide bonds. The summed E-state index contributed by atoms with van der Waals surface area (Å²) in [5.74, 6) is 1.86. The summed E-state index contributed by atoms with van der Waals surface area (Å²) in [6.07, 6.45) is 0. The topological polar surface area (TPSA) is 0 Å². The van der Waals surface area contributed by atoms with Crippen LogP contribution in [0.3, 0.4) is 0 Å². The fourth-order valence-corrected chi connectivity index (χ4v) is 0. The Morgan fingerprint density at radius 1 is 1.67 bits per heavy atom. The Morgan fingerprint density at radius 2 is 1.83 bits per heavy atom. The lowest BCUT2D eigenvalue weighted by atomic mass is 11.3. The summed E-state index contributed by atoms with van der Waals surface area (Å²) in [5.41, 5.74) is 0. The van der Waals surface area contributed by atoms with Gasteiger partial charge >= 0.3 is 0 Å². The summed E-state index contributed by atoms with van der Waals surface area (Å²) in [6, 6.07) is -1.05. The van der Waals surface area contributed by atoms with Crippen LogP contribution in [0.25, 0.3) is 0 Å². The molecule has 0 aromatic heterocycles. The molecule has 0 nitrogen and oxygen atoms in total. The third-order valence-corrected chi connectivity index (χ3v) is 1.77. The Hall–Kier alpha value is 0.390. The smallest absolute Gasteiger partial charge is 0.0300 e. The molecule has 36 valence electrons. The Morgan fingerprint density at radius 3 is 1.83 bits per heavy atom. The zero-order chi connectivity index (χ0) is 5.21. The van der Waals surface area contributed by atoms with E-state index in [1.54, 1.807) is 0 Å². The molecule has 0 N–H and O–H groups in total. The SMILES string of the molecule is C=CP(C)(C)=S. The highest BCUT2D eigenvalue weighted by molar-refractivity contribution is 8.15. The van der Waals surface area contributed by atoms with E-state index in [4.69, 9.17) is 11.8 Å². The average molecular weight is 120 g/mol. The van der Waals surface area contributed by atoms with Crippen LogP contribution in [0.1, 0.15) is 0 Å². The molecule has 0 aliphatic rings. The van der Waals surface area contributed by atoms with Gasteiger partial charge in [-0.15, -0.1) is 0 Å². The molecular formula is C4H9PS. The molecule has 0 fully saturated rings. The molecule has 0 aliphatic heterocycles. The summed E-state index contributed by atoms with van der Waals surface area (Å²) in [5, 5.41) is 0. The van der Waals surface area contributed by atoms with Crippen molar-refractivity contribution in [2.75, 3.05) is 13.3 Å². The Kier molecular flexibility index (Phi) is 2.03. The zero-order valence-electron chi connectivity index (χ0n) is 4.14. The summed E-state index contributed by atoms with van der Waals surface area (Å²) in [7, 11) is 0. The van der Waals surface area contributed by atoms with Crippen LogP contribution in [0.15, 0.2) is 12.4 Å². The lowest BCUT2D eigenvalue weighted by Gasteiger charge is -1.95. The molecule has 0 aromatic carbocycles. The lowest BCUT2D eigenvalue weighted by Crippen LogP contribution is -1.59. The summed E-state index contributed by atoms with van der Waals surface area (Å²) < 4.78 is 0. The normalized spacial score (nSPS) is 11.0. The van der Waals surface area contributed by atoms with Crippen LogP contribution in [0, 0.1) is 0 Å². The molecule has 0 unspecified atom stereocenters. The second-order valence-electron chi connectivity index (χ2n) is 1.62. The average Bonchev–Trinajstić information content (AvgIpc) is 1.35. The molecule has 0 spiro atoms. The van der Waals surface area contributed by atoms with Crippen molar-refractivity contribution in [3.05, 3.63) is 12.4 Å². The van der Waals surface area contributed by atoms with Crippen molar-refractivity contribution < 1.29 is 0 Å². The van der Waals surface area contributed by atoms with Crippen LogP contribution in [0.4, 0.5) is 0 Å². The standard InChI is InChI=1S/C4H9PS/c1-4-5(2,3)6/h4H,1H2,2-3H3. The monoisotopic (exact) mass is 120 g/mol. The van der Waals surface area contributed by atoms with E-state index in [0.29, 0.717) is 0 Å². The molecule has 0 saturated carbocycles. The van der Waals surface area contributed by atoms with Gasteiger partial charge in [-0.1, -0.05) is 24.2 Å². The first-order chi connectivity index (χ1) is 2.56. The van der Waals surface area contributed by atoms with Gasteiger partial charge < -0.3 is 0 Å². The van der Waals surface area contributed by atoms with Crippen LogP contribution in [0.2, 0.25) is 0 Å². The Labute approximate surface area is 44.3 Å². The van der Waals surface area contributed by atoms with E-state index in [2.05, 4.69) is 19.9 Å². The van der Waals surface area contributed by atoms with Crippen LogP contribution in [0.5, 0.6) is 0 Å².